The van der Waals surface area contributed by atoms with Gasteiger partial charge >= 0.3 is 0 Å². The van der Waals surface area contributed by atoms with Gasteiger partial charge in [0.2, 0.25) is 5.91 Å². The number of likely N-dealkylation sites (tertiary alicyclic amines) is 1. The van der Waals surface area contributed by atoms with Gasteiger partial charge in [0, 0.05) is 38.3 Å². The molecule has 0 aliphatic carbocycles. The van der Waals surface area contributed by atoms with Crippen LogP contribution in [0.1, 0.15) is 63.9 Å². The van der Waals surface area contributed by atoms with Gasteiger partial charge in [-0.1, -0.05) is 50.8 Å². The van der Waals surface area contributed by atoms with Crippen molar-refractivity contribution in [1.82, 2.24) is 9.80 Å². The van der Waals surface area contributed by atoms with Crippen molar-refractivity contribution in [1.29, 1.82) is 0 Å². The minimum absolute atomic E-state index is 0.0142. The molecule has 32 heavy (non-hydrogen) atoms. The van der Waals surface area contributed by atoms with Crippen molar-refractivity contribution >= 4 is 17.5 Å². The average Bonchev–Trinajstić information content (AvgIpc) is 2.84. The number of ether oxygens (including phenoxy) is 1. The van der Waals surface area contributed by atoms with Gasteiger partial charge < -0.3 is 19.4 Å². The smallest absolute Gasteiger partial charge is 0.252 e. The molecule has 0 radical (unpaired) electrons. The number of methoxy groups -OCH3 is 1. The topological polar surface area (TPSA) is 53.1 Å². The van der Waals surface area contributed by atoms with Crippen LogP contribution in [-0.4, -0.2) is 68.1 Å². The third-order valence-electron chi connectivity index (χ3n) is 6.97. The molecule has 0 saturated carbocycles. The molecule has 1 fully saturated rings. The molecule has 6 heteroatoms. The Morgan fingerprint density at radius 3 is 2.28 bits per heavy atom. The third-order valence-corrected chi connectivity index (χ3v) is 6.97. The van der Waals surface area contributed by atoms with E-state index in [1.165, 1.54) is 12.8 Å². The zero-order chi connectivity index (χ0) is 22.8. The Morgan fingerprint density at radius 1 is 0.938 bits per heavy atom. The quantitative estimate of drug-likeness (QED) is 0.704. The van der Waals surface area contributed by atoms with Crippen LogP contribution >= 0.6 is 0 Å². The normalized spacial score (nSPS) is 20.1. The van der Waals surface area contributed by atoms with Crippen LogP contribution in [0.2, 0.25) is 0 Å². The number of carbonyl (C=O) groups excluding carboxylic acids is 2. The van der Waals surface area contributed by atoms with Crippen molar-refractivity contribution < 1.29 is 14.3 Å². The van der Waals surface area contributed by atoms with E-state index < -0.39 is 0 Å². The van der Waals surface area contributed by atoms with Crippen molar-refractivity contribution in [3.8, 4) is 0 Å². The van der Waals surface area contributed by atoms with Crippen molar-refractivity contribution in [2.45, 2.75) is 64.8 Å². The lowest BCUT2D eigenvalue weighted by Gasteiger charge is -2.34. The van der Waals surface area contributed by atoms with E-state index in [-0.39, 0.29) is 18.4 Å². The van der Waals surface area contributed by atoms with Crippen molar-refractivity contribution in [2.75, 3.05) is 51.3 Å². The summed E-state index contributed by atoms with van der Waals surface area (Å²) in [4.78, 5) is 32.8. The van der Waals surface area contributed by atoms with Gasteiger partial charge in [0.15, 0.2) is 0 Å². The molecular formula is C26H41N3O3. The molecule has 0 aromatic heterocycles. The number of hydrogen-bond donors (Lipinski definition) is 0. The number of nitrogens with zero attached hydrogens (tertiary/aromatic N) is 3. The largest absolute Gasteiger partial charge is 0.375 e. The molecule has 1 aromatic rings. The van der Waals surface area contributed by atoms with Crippen molar-refractivity contribution in [3.05, 3.63) is 29.8 Å². The molecular weight excluding hydrogens is 402 g/mol. The second-order valence-corrected chi connectivity index (χ2v) is 9.20. The Bertz CT molecular complexity index is 731. The lowest BCUT2D eigenvalue weighted by Crippen LogP contribution is -2.43. The molecule has 1 saturated heterocycles. The zero-order valence-electron chi connectivity index (χ0n) is 20.1. The molecule has 6 nitrogen and oxygen atoms in total. The summed E-state index contributed by atoms with van der Waals surface area (Å²) < 4.78 is 5.16. The summed E-state index contributed by atoms with van der Waals surface area (Å²) in [5.41, 5.74) is 1.97. The van der Waals surface area contributed by atoms with E-state index in [4.69, 9.17) is 4.74 Å². The maximum Gasteiger partial charge on any atom is 0.252 e. The van der Waals surface area contributed by atoms with E-state index in [1.807, 2.05) is 23.1 Å². The first-order valence-corrected chi connectivity index (χ1v) is 12.5. The maximum absolute atomic E-state index is 13.6. The standard InChI is InChI=1S/C26H41N3O3/c1-3-27-18-14-22(15-19-27)26(31)28-16-10-6-4-5-7-11-17-29(25(30)21-32-2)24-13-9-8-12-23(24)20-28/h8-9,12-13,22H,3-7,10-11,14-21H2,1-2H3. The number of carbonyl (C=O) groups is 2. The fourth-order valence-corrected chi connectivity index (χ4v) is 5.00. The predicted octanol–water partition coefficient (Wildman–Crippen LogP) is 4.08. The van der Waals surface area contributed by atoms with Gasteiger partial charge in [0.25, 0.3) is 5.91 Å². The van der Waals surface area contributed by atoms with E-state index in [0.29, 0.717) is 19.0 Å². The number of hydrogen-bond acceptors (Lipinski definition) is 4. The monoisotopic (exact) mass is 443 g/mol. The van der Waals surface area contributed by atoms with E-state index in [1.54, 1.807) is 7.11 Å². The molecule has 0 N–H and O–H groups in total. The number of benzene rings is 1. The molecule has 0 unspecified atom stereocenters. The minimum atomic E-state index is -0.0142. The Kier molecular flexibility index (Phi) is 10.0. The zero-order valence-corrected chi connectivity index (χ0v) is 20.1. The molecule has 178 valence electrons. The Hall–Kier alpha value is -1.92. The SMILES string of the molecule is CCN1CCC(C(=O)N2CCCCCCCCN(C(=O)COC)c3ccccc3C2)CC1. The van der Waals surface area contributed by atoms with Gasteiger partial charge in [-0.2, -0.15) is 0 Å². The lowest BCUT2D eigenvalue weighted by molar-refractivity contribution is -0.137. The van der Waals surface area contributed by atoms with E-state index in [2.05, 4.69) is 22.8 Å². The van der Waals surface area contributed by atoms with Crippen molar-refractivity contribution in [2.24, 2.45) is 5.92 Å². The summed E-state index contributed by atoms with van der Waals surface area (Å²) in [5.74, 6) is 0.395. The third kappa shape index (κ3) is 6.79. The molecule has 2 heterocycles. The van der Waals surface area contributed by atoms with Gasteiger partial charge in [-0.3, -0.25) is 9.59 Å². The maximum atomic E-state index is 13.6. The van der Waals surface area contributed by atoms with Crippen LogP contribution in [0.15, 0.2) is 24.3 Å². The van der Waals surface area contributed by atoms with Gasteiger partial charge in [-0.05, 0) is 56.9 Å². The van der Waals surface area contributed by atoms with Gasteiger partial charge in [0.1, 0.15) is 6.61 Å². The highest BCUT2D eigenvalue weighted by Crippen LogP contribution is 2.27. The number of piperidine rings is 1. The van der Waals surface area contributed by atoms with Crippen LogP contribution in [0.4, 0.5) is 5.69 Å². The second kappa shape index (κ2) is 12.9. The van der Waals surface area contributed by atoms with Crippen LogP contribution < -0.4 is 4.90 Å². The first kappa shape index (κ1) is 24.7. The molecule has 0 bridgehead atoms. The summed E-state index contributed by atoms with van der Waals surface area (Å²) in [6.45, 7) is 7.41. The number of amides is 2. The molecule has 3 rings (SSSR count). The van der Waals surface area contributed by atoms with Crippen molar-refractivity contribution in [3.63, 3.8) is 0 Å². The fourth-order valence-electron chi connectivity index (χ4n) is 5.00. The summed E-state index contributed by atoms with van der Waals surface area (Å²) in [5, 5.41) is 0. The Labute approximate surface area is 193 Å². The first-order valence-electron chi connectivity index (χ1n) is 12.5. The van der Waals surface area contributed by atoms with E-state index in [9.17, 15) is 9.59 Å². The van der Waals surface area contributed by atoms with Crippen LogP contribution in [0.5, 0.6) is 0 Å². The van der Waals surface area contributed by atoms with E-state index >= 15 is 0 Å². The number of fused-ring (bicyclic) bond motifs is 1. The fraction of sp³-hybridized carbons (Fsp3) is 0.692. The summed E-state index contributed by atoms with van der Waals surface area (Å²) in [6, 6.07) is 8.09. The molecule has 0 atom stereocenters. The van der Waals surface area contributed by atoms with E-state index in [0.717, 1.165) is 76.0 Å². The molecule has 0 spiro atoms. The molecule has 2 aliphatic heterocycles. The van der Waals surface area contributed by atoms with Gasteiger partial charge in [0.05, 0.1) is 0 Å². The Morgan fingerprint density at radius 2 is 1.59 bits per heavy atom. The number of anilines is 1. The van der Waals surface area contributed by atoms with Crippen LogP contribution in [0, 0.1) is 5.92 Å². The summed E-state index contributed by atoms with van der Waals surface area (Å²) >= 11 is 0. The number of para-hydroxylation sites is 1. The average molecular weight is 444 g/mol. The molecule has 2 aliphatic rings. The lowest BCUT2D eigenvalue weighted by atomic mass is 9.94. The van der Waals surface area contributed by atoms with Crippen LogP contribution in [0.3, 0.4) is 0 Å². The Balaban J connectivity index is 1.83. The highest BCUT2D eigenvalue weighted by atomic mass is 16.5. The second-order valence-electron chi connectivity index (χ2n) is 9.20. The molecule has 1 aromatic carbocycles. The first-order chi connectivity index (χ1) is 15.6. The summed E-state index contributed by atoms with van der Waals surface area (Å²) in [7, 11) is 1.56. The highest BCUT2D eigenvalue weighted by Gasteiger charge is 2.29. The van der Waals surface area contributed by atoms with Crippen LogP contribution in [0.25, 0.3) is 0 Å². The number of rotatable bonds is 4. The van der Waals surface area contributed by atoms with Gasteiger partial charge in [-0.15, -0.1) is 0 Å². The van der Waals surface area contributed by atoms with Crippen LogP contribution in [-0.2, 0) is 20.9 Å². The highest BCUT2D eigenvalue weighted by molar-refractivity contribution is 5.95. The molecule has 2 amide bonds. The summed E-state index contributed by atoms with van der Waals surface area (Å²) in [6.07, 6.45) is 8.58. The predicted molar refractivity (Wildman–Crippen MR) is 129 cm³/mol. The minimum Gasteiger partial charge on any atom is -0.375 e. The van der Waals surface area contributed by atoms with Gasteiger partial charge in [-0.25, -0.2) is 0 Å².